The Kier molecular flexibility index (Phi) is 4.40. The molecule has 1 saturated heterocycles. The average molecular weight is 234 g/mol. The molecule has 0 aliphatic carbocycles. The van der Waals surface area contributed by atoms with Gasteiger partial charge in [-0.05, 0) is 31.5 Å². The predicted molar refractivity (Wildman–Crippen MR) is 70.4 cm³/mol. The van der Waals surface area contributed by atoms with Gasteiger partial charge >= 0.3 is 0 Å². The van der Waals surface area contributed by atoms with Crippen molar-refractivity contribution >= 4 is 0 Å². The van der Waals surface area contributed by atoms with E-state index in [1.54, 1.807) is 0 Å². The van der Waals surface area contributed by atoms with Crippen LogP contribution in [0.2, 0.25) is 0 Å². The largest absolute Gasteiger partial charge is 0.491 e. The highest BCUT2D eigenvalue weighted by atomic mass is 16.5. The highest BCUT2D eigenvalue weighted by Crippen LogP contribution is 2.15. The molecule has 0 amide bonds. The van der Waals surface area contributed by atoms with E-state index in [2.05, 4.69) is 48.3 Å². The molecule has 3 nitrogen and oxygen atoms in total. The van der Waals surface area contributed by atoms with Crippen LogP contribution < -0.4 is 10.1 Å². The molecular weight excluding hydrogens is 212 g/mol. The zero-order chi connectivity index (χ0) is 12.1. The summed E-state index contributed by atoms with van der Waals surface area (Å²) in [5.41, 5.74) is 1.36. The summed E-state index contributed by atoms with van der Waals surface area (Å²) in [6, 6.07) is 8.47. The monoisotopic (exact) mass is 234 g/mol. The first-order valence-corrected chi connectivity index (χ1v) is 6.43. The third-order valence-corrected chi connectivity index (χ3v) is 2.91. The number of ether oxygens (including phenoxy) is 1. The van der Waals surface area contributed by atoms with Gasteiger partial charge in [0.05, 0.1) is 6.10 Å². The van der Waals surface area contributed by atoms with Gasteiger partial charge in [-0.25, -0.2) is 0 Å². The summed E-state index contributed by atoms with van der Waals surface area (Å²) in [7, 11) is 0. The predicted octanol–water partition coefficient (Wildman–Crippen LogP) is 1.88. The fraction of sp³-hybridized carbons (Fsp3) is 0.571. The molecule has 0 bridgehead atoms. The van der Waals surface area contributed by atoms with Gasteiger partial charge in [0.2, 0.25) is 0 Å². The van der Waals surface area contributed by atoms with Gasteiger partial charge in [-0.1, -0.05) is 12.1 Å². The summed E-state index contributed by atoms with van der Waals surface area (Å²) in [5.74, 6) is 0.962. The maximum atomic E-state index is 5.64. The molecule has 1 aliphatic rings. The van der Waals surface area contributed by atoms with Crippen LogP contribution in [-0.2, 0) is 6.54 Å². The molecule has 1 heterocycles. The molecule has 1 fully saturated rings. The highest BCUT2D eigenvalue weighted by molar-refractivity contribution is 5.27. The molecule has 0 unspecified atom stereocenters. The first-order chi connectivity index (χ1) is 8.24. The minimum absolute atomic E-state index is 0.244. The van der Waals surface area contributed by atoms with Crippen LogP contribution in [0.4, 0.5) is 0 Å². The molecule has 0 aromatic heterocycles. The van der Waals surface area contributed by atoms with Crippen LogP contribution in [0, 0.1) is 0 Å². The van der Waals surface area contributed by atoms with Crippen molar-refractivity contribution in [2.24, 2.45) is 0 Å². The van der Waals surface area contributed by atoms with Gasteiger partial charge in [-0.3, -0.25) is 4.90 Å². The Morgan fingerprint density at radius 2 is 1.82 bits per heavy atom. The van der Waals surface area contributed by atoms with Crippen molar-refractivity contribution in [2.75, 3.05) is 26.2 Å². The molecule has 0 spiro atoms. The van der Waals surface area contributed by atoms with Gasteiger partial charge in [0.15, 0.2) is 0 Å². The Morgan fingerprint density at radius 1 is 1.18 bits per heavy atom. The lowest BCUT2D eigenvalue weighted by Crippen LogP contribution is -2.42. The Bertz CT molecular complexity index is 329. The second-order valence-electron chi connectivity index (χ2n) is 4.84. The molecule has 3 heteroatoms. The van der Waals surface area contributed by atoms with Crippen molar-refractivity contribution in [2.45, 2.75) is 26.5 Å². The number of nitrogens with zero attached hydrogens (tertiary/aromatic N) is 1. The molecule has 1 aromatic rings. The SMILES string of the molecule is CC(C)Oc1ccc(CN2CCNCC2)cc1. The van der Waals surface area contributed by atoms with Gasteiger partial charge < -0.3 is 10.1 Å². The normalized spacial score (nSPS) is 17.4. The fourth-order valence-electron chi connectivity index (χ4n) is 2.07. The lowest BCUT2D eigenvalue weighted by atomic mass is 10.2. The van der Waals surface area contributed by atoms with Crippen LogP contribution in [0.15, 0.2) is 24.3 Å². The van der Waals surface area contributed by atoms with E-state index in [4.69, 9.17) is 4.74 Å². The average Bonchev–Trinajstić information content (AvgIpc) is 2.32. The minimum Gasteiger partial charge on any atom is -0.491 e. The van der Waals surface area contributed by atoms with Crippen LogP contribution in [0.25, 0.3) is 0 Å². The zero-order valence-corrected chi connectivity index (χ0v) is 10.8. The van der Waals surface area contributed by atoms with Gasteiger partial charge in [0.25, 0.3) is 0 Å². The summed E-state index contributed by atoms with van der Waals surface area (Å²) in [4.78, 5) is 2.48. The van der Waals surface area contributed by atoms with Crippen LogP contribution in [0.1, 0.15) is 19.4 Å². The first kappa shape index (κ1) is 12.4. The third-order valence-electron chi connectivity index (χ3n) is 2.91. The van der Waals surface area contributed by atoms with Crippen LogP contribution in [0.3, 0.4) is 0 Å². The minimum atomic E-state index is 0.244. The molecule has 0 radical (unpaired) electrons. The van der Waals surface area contributed by atoms with E-state index >= 15 is 0 Å². The second kappa shape index (κ2) is 6.03. The maximum absolute atomic E-state index is 5.64. The van der Waals surface area contributed by atoms with Crippen molar-refractivity contribution in [3.8, 4) is 5.75 Å². The molecule has 2 rings (SSSR count). The van der Waals surface area contributed by atoms with Crippen molar-refractivity contribution in [1.29, 1.82) is 0 Å². The summed E-state index contributed by atoms with van der Waals surface area (Å²) in [5, 5.41) is 3.37. The van der Waals surface area contributed by atoms with Crippen LogP contribution in [-0.4, -0.2) is 37.2 Å². The highest BCUT2D eigenvalue weighted by Gasteiger charge is 2.09. The number of hydrogen-bond donors (Lipinski definition) is 1. The number of hydrogen-bond acceptors (Lipinski definition) is 3. The van der Waals surface area contributed by atoms with Gasteiger partial charge in [0.1, 0.15) is 5.75 Å². The van der Waals surface area contributed by atoms with Crippen molar-refractivity contribution in [3.63, 3.8) is 0 Å². The smallest absolute Gasteiger partial charge is 0.119 e. The Hall–Kier alpha value is -1.06. The van der Waals surface area contributed by atoms with E-state index in [1.807, 2.05) is 0 Å². The lowest BCUT2D eigenvalue weighted by Gasteiger charge is -2.27. The van der Waals surface area contributed by atoms with E-state index in [0.717, 1.165) is 38.5 Å². The number of rotatable bonds is 4. The maximum Gasteiger partial charge on any atom is 0.119 e. The number of piperazine rings is 1. The Balaban J connectivity index is 1.88. The third kappa shape index (κ3) is 4.02. The summed E-state index contributed by atoms with van der Waals surface area (Å²) in [6.07, 6.45) is 0.244. The quantitative estimate of drug-likeness (QED) is 0.861. The topological polar surface area (TPSA) is 24.5 Å². The summed E-state index contributed by atoms with van der Waals surface area (Å²) in [6.45, 7) is 9.64. The molecule has 0 atom stereocenters. The van der Waals surface area contributed by atoms with E-state index in [0.29, 0.717) is 0 Å². The summed E-state index contributed by atoms with van der Waals surface area (Å²) >= 11 is 0. The van der Waals surface area contributed by atoms with Crippen LogP contribution >= 0.6 is 0 Å². The van der Waals surface area contributed by atoms with E-state index in [-0.39, 0.29) is 6.10 Å². The molecule has 94 valence electrons. The summed E-state index contributed by atoms with van der Waals surface area (Å²) < 4.78 is 5.64. The fourth-order valence-corrected chi connectivity index (χ4v) is 2.07. The van der Waals surface area contributed by atoms with Crippen molar-refractivity contribution < 1.29 is 4.74 Å². The van der Waals surface area contributed by atoms with Gasteiger partial charge in [0, 0.05) is 32.7 Å². The van der Waals surface area contributed by atoms with E-state index in [1.165, 1.54) is 5.56 Å². The Morgan fingerprint density at radius 3 is 2.41 bits per heavy atom. The molecule has 0 saturated carbocycles. The first-order valence-electron chi connectivity index (χ1n) is 6.43. The van der Waals surface area contributed by atoms with Crippen molar-refractivity contribution in [3.05, 3.63) is 29.8 Å². The molecular formula is C14H22N2O. The zero-order valence-electron chi connectivity index (χ0n) is 10.8. The van der Waals surface area contributed by atoms with E-state index in [9.17, 15) is 0 Å². The standard InChI is InChI=1S/C14H22N2O/c1-12(2)17-14-5-3-13(4-6-14)11-16-9-7-15-8-10-16/h3-6,12,15H,7-11H2,1-2H3. The lowest BCUT2D eigenvalue weighted by molar-refractivity contribution is 0.232. The molecule has 1 aromatic carbocycles. The molecule has 1 aliphatic heterocycles. The second-order valence-corrected chi connectivity index (χ2v) is 4.84. The Labute approximate surface area is 104 Å². The number of benzene rings is 1. The van der Waals surface area contributed by atoms with Gasteiger partial charge in [-0.15, -0.1) is 0 Å². The molecule has 17 heavy (non-hydrogen) atoms. The van der Waals surface area contributed by atoms with Crippen LogP contribution in [0.5, 0.6) is 5.75 Å². The van der Waals surface area contributed by atoms with Gasteiger partial charge in [-0.2, -0.15) is 0 Å². The number of nitrogens with one attached hydrogen (secondary N) is 1. The van der Waals surface area contributed by atoms with Crippen molar-refractivity contribution in [1.82, 2.24) is 10.2 Å². The molecule has 1 N–H and O–H groups in total. The van der Waals surface area contributed by atoms with E-state index < -0.39 is 0 Å².